The molecular weight excluding hydrogens is 512 g/mol. The predicted octanol–water partition coefficient (Wildman–Crippen LogP) is 11.2. The van der Waals surface area contributed by atoms with Crippen LogP contribution in [0.3, 0.4) is 0 Å². The summed E-state index contributed by atoms with van der Waals surface area (Å²) < 4.78 is 1.17. The second-order valence-corrected chi connectivity index (χ2v) is 11.3. The minimum atomic E-state index is 0.670. The van der Waals surface area contributed by atoms with Gasteiger partial charge in [0.2, 0.25) is 5.13 Å². The molecule has 0 unspecified atom stereocenters. The maximum Gasteiger partial charge on any atom is 0.231 e. The normalized spacial score (nSPS) is 11.9. The summed E-state index contributed by atoms with van der Waals surface area (Å²) in [6.45, 7) is 2.26. The van der Waals surface area contributed by atoms with Gasteiger partial charge in [0.15, 0.2) is 0 Å². The van der Waals surface area contributed by atoms with Gasteiger partial charge in [0, 0.05) is 30.6 Å². The van der Waals surface area contributed by atoms with E-state index in [1.807, 2.05) is 56.6 Å². The lowest BCUT2D eigenvalue weighted by Crippen LogP contribution is -2.08. The van der Waals surface area contributed by atoms with Crippen molar-refractivity contribution < 1.29 is 0 Å². The zero-order chi connectivity index (χ0) is 27.7. The van der Waals surface area contributed by atoms with Gasteiger partial charge in [-0.05, 0) is 66.9 Å². The highest BCUT2D eigenvalue weighted by molar-refractivity contribution is 7.21. The van der Waals surface area contributed by atoms with Gasteiger partial charge in [-0.15, -0.1) is 15.3 Å². The molecule has 1 aromatic heterocycles. The lowest BCUT2D eigenvalue weighted by atomic mass is 10.0. The molecule has 0 saturated carbocycles. The predicted molar refractivity (Wildman–Crippen MR) is 170 cm³/mol. The van der Waals surface area contributed by atoms with Crippen LogP contribution in [0.2, 0.25) is 0 Å². The third-order valence-electron chi connectivity index (χ3n) is 6.99. The van der Waals surface area contributed by atoms with Gasteiger partial charge in [-0.1, -0.05) is 80.7 Å². The summed E-state index contributed by atoms with van der Waals surface area (Å²) in [5.41, 5.74) is 5.87. The minimum absolute atomic E-state index is 0.670. The van der Waals surface area contributed by atoms with E-state index in [9.17, 15) is 0 Å². The Morgan fingerprint density at radius 2 is 1.40 bits per heavy atom. The highest BCUT2D eigenvalue weighted by atomic mass is 32.1. The van der Waals surface area contributed by atoms with Crippen molar-refractivity contribution in [2.24, 2.45) is 20.5 Å². The van der Waals surface area contributed by atoms with Crippen LogP contribution in [-0.4, -0.2) is 19.1 Å². The Hall–Kier alpha value is -3.97. The Balaban J connectivity index is 1.21. The van der Waals surface area contributed by atoms with Gasteiger partial charge in [-0.25, -0.2) is 4.98 Å². The number of anilines is 1. The molecule has 7 heteroatoms. The van der Waals surface area contributed by atoms with Gasteiger partial charge >= 0.3 is 0 Å². The first-order valence-electron chi connectivity index (χ1n) is 14.1. The molecule has 0 aliphatic heterocycles. The molecule has 0 saturated heterocycles. The number of azo groups is 2. The molecule has 0 radical (unpaired) electrons. The van der Waals surface area contributed by atoms with Crippen molar-refractivity contribution >= 4 is 60.2 Å². The van der Waals surface area contributed by atoms with Crippen LogP contribution in [0.5, 0.6) is 0 Å². The molecule has 1 heterocycles. The summed E-state index contributed by atoms with van der Waals surface area (Å²) in [5, 5.41) is 20.7. The zero-order valence-corrected chi connectivity index (χ0v) is 24.4. The fourth-order valence-corrected chi connectivity index (χ4v) is 5.66. The van der Waals surface area contributed by atoms with E-state index in [0.717, 1.165) is 45.5 Å². The number of nitrogens with zero attached hydrogens (tertiary/aromatic N) is 6. The van der Waals surface area contributed by atoms with Gasteiger partial charge in [-0.3, -0.25) is 0 Å². The monoisotopic (exact) mass is 548 g/mol. The molecule has 4 aromatic carbocycles. The summed E-state index contributed by atoms with van der Waals surface area (Å²) in [6.07, 6.45) is 9.02. The van der Waals surface area contributed by atoms with Gasteiger partial charge in [0.25, 0.3) is 0 Å². The molecule has 6 nitrogen and oxygen atoms in total. The molecule has 0 aliphatic carbocycles. The molecule has 5 rings (SSSR count). The van der Waals surface area contributed by atoms with Crippen molar-refractivity contribution in [2.45, 2.75) is 51.9 Å². The van der Waals surface area contributed by atoms with E-state index >= 15 is 0 Å². The second-order valence-electron chi connectivity index (χ2n) is 10.3. The average molecular weight is 549 g/mol. The summed E-state index contributed by atoms with van der Waals surface area (Å²) in [7, 11) is 4.10. The highest BCUT2D eigenvalue weighted by Crippen LogP contribution is 2.34. The third-order valence-corrected chi connectivity index (χ3v) is 7.90. The molecule has 0 N–H and O–H groups in total. The highest BCUT2D eigenvalue weighted by Gasteiger charge is 2.07. The molecule has 5 aromatic rings. The molecule has 0 fully saturated rings. The number of hydrogen-bond acceptors (Lipinski definition) is 7. The Morgan fingerprint density at radius 1 is 0.700 bits per heavy atom. The van der Waals surface area contributed by atoms with E-state index in [-0.39, 0.29) is 0 Å². The summed E-state index contributed by atoms with van der Waals surface area (Å²) >= 11 is 1.59. The first-order valence-corrected chi connectivity index (χ1v) is 14.9. The van der Waals surface area contributed by atoms with Crippen LogP contribution >= 0.6 is 11.3 Å². The molecular formula is C33H36N6S. The van der Waals surface area contributed by atoms with E-state index in [1.165, 1.54) is 48.8 Å². The van der Waals surface area contributed by atoms with Crippen molar-refractivity contribution in [2.75, 3.05) is 19.0 Å². The molecule has 204 valence electrons. The lowest BCUT2D eigenvalue weighted by molar-refractivity contribution is 0.607. The number of fused-ring (bicyclic) bond motifs is 2. The fraction of sp³-hybridized carbons (Fsp3) is 0.303. The Morgan fingerprint density at radius 3 is 2.15 bits per heavy atom. The lowest BCUT2D eigenvalue weighted by Gasteiger charge is -2.16. The van der Waals surface area contributed by atoms with Crippen molar-refractivity contribution in [3.05, 3.63) is 84.4 Å². The van der Waals surface area contributed by atoms with Crippen LogP contribution in [0.1, 0.15) is 51.0 Å². The van der Waals surface area contributed by atoms with Crippen molar-refractivity contribution in [3.63, 3.8) is 0 Å². The number of aromatic nitrogens is 1. The molecule has 0 aliphatic rings. The van der Waals surface area contributed by atoms with Crippen LogP contribution in [0.25, 0.3) is 21.0 Å². The van der Waals surface area contributed by atoms with Crippen molar-refractivity contribution in [1.29, 1.82) is 0 Å². The maximum atomic E-state index is 4.64. The molecule has 0 spiro atoms. The van der Waals surface area contributed by atoms with Crippen molar-refractivity contribution in [1.82, 2.24) is 4.98 Å². The van der Waals surface area contributed by atoms with Gasteiger partial charge in [0.05, 0.1) is 27.3 Å². The largest absolute Gasteiger partial charge is 0.377 e. The van der Waals surface area contributed by atoms with E-state index < -0.39 is 0 Å². The number of benzene rings is 4. The number of aryl methyl sites for hydroxylation is 1. The SMILES string of the molecule is CCCCCCCCc1ccc2nc(N=Nc3ccc(N=Nc4ccc(N(C)C)c5ccccc45)cc3)sc2c1. The Kier molecular flexibility index (Phi) is 9.24. The van der Waals surface area contributed by atoms with Crippen LogP contribution in [0, 0.1) is 0 Å². The average Bonchev–Trinajstić information content (AvgIpc) is 3.39. The first kappa shape index (κ1) is 27.6. The zero-order valence-electron chi connectivity index (χ0n) is 23.5. The third kappa shape index (κ3) is 6.96. The molecule has 40 heavy (non-hydrogen) atoms. The van der Waals surface area contributed by atoms with E-state index in [1.54, 1.807) is 11.3 Å². The molecule has 0 amide bonds. The van der Waals surface area contributed by atoms with E-state index in [2.05, 4.69) is 73.7 Å². The summed E-state index contributed by atoms with van der Waals surface area (Å²) in [6, 6.07) is 26.5. The van der Waals surface area contributed by atoms with E-state index in [4.69, 9.17) is 0 Å². The summed E-state index contributed by atoms with van der Waals surface area (Å²) in [5.74, 6) is 0. The number of thiazole rings is 1. The smallest absolute Gasteiger partial charge is 0.231 e. The van der Waals surface area contributed by atoms with Crippen LogP contribution in [0.4, 0.5) is 27.9 Å². The fourth-order valence-electron chi connectivity index (χ4n) is 4.81. The van der Waals surface area contributed by atoms with Crippen molar-refractivity contribution in [3.8, 4) is 0 Å². The Labute approximate surface area is 240 Å². The number of rotatable bonds is 12. The second kappa shape index (κ2) is 13.4. The van der Waals surface area contributed by atoms with Crippen LogP contribution in [-0.2, 0) is 6.42 Å². The standard InChI is InChI=1S/C33H36N6S/c1-4-5-6-7-8-9-12-24-15-20-30-32(23-24)40-33(34-30)38-36-26-18-16-25(17-19-26)35-37-29-21-22-31(39(2)3)28-14-11-10-13-27(28)29/h10-11,13-23H,4-9,12H2,1-3H3. The Bertz CT molecular complexity index is 1620. The van der Waals surface area contributed by atoms with Gasteiger partial charge in [-0.2, -0.15) is 5.11 Å². The number of unbranched alkanes of at least 4 members (excludes halogenated alkanes) is 5. The minimum Gasteiger partial charge on any atom is -0.377 e. The van der Waals surface area contributed by atoms with Crippen LogP contribution < -0.4 is 4.90 Å². The molecule has 0 atom stereocenters. The molecule has 0 bridgehead atoms. The van der Waals surface area contributed by atoms with Crippen LogP contribution in [0.15, 0.2) is 99.3 Å². The number of hydrogen-bond donors (Lipinski definition) is 0. The maximum absolute atomic E-state index is 4.64. The first-order chi connectivity index (χ1) is 19.6. The quantitative estimate of drug-likeness (QED) is 0.115. The summed E-state index contributed by atoms with van der Waals surface area (Å²) in [4.78, 5) is 6.75. The topological polar surface area (TPSA) is 65.6 Å². The van der Waals surface area contributed by atoms with Gasteiger partial charge < -0.3 is 4.90 Å². The van der Waals surface area contributed by atoms with Gasteiger partial charge in [0.1, 0.15) is 0 Å². The van der Waals surface area contributed by atoms with E-state index in [0.29, 0.717) is 5.13 Å².